The molecule has 0 fully saturated rings. The summed E-state index contributed by atoms with van der Waals surface area (Å²) >= 11 is 6.16. The van der Waals surface area contributed by atoms with E-state index in [1.165, 1.54) is 14.2 Å². The van der Waals surface area contributed by atoms with E-state index in [1.54, 1.807) is 24.4 Å². The highest BCUT2D eigenvalue weighted by atomic mass is 35.5. The minimum Gasteiger partial charge on any atom is -0.480 e. The molecule has 0 aliphatic heterocycles. The molecular weight excluding hydrogens is 368 g/mol. The Balaban J connectivity index is 2.18. The number of nitrogens with two attached hydrogens (primary N) is 1. The third kappa shape index (κ3) is 3.21. The third-order valence-electron chi connectivity index (χ3n) is 3.50. The lowest BCUT2D eigenvalue weighted by molar-refractivity contribution is 0.353. The zero-order valence-corrected chi connectivity index (χ0v) is 14.8. The molecule has 0 bridgehead atoms. The van der Waals surface area contributed by atoms with Gasteiger partial charge in [0, 0.05) is 17.8 Å². The SMILES string of the molecule is COc1ncc(-c2ccc3c(Cl)c(S(N)(=O)=O)cnc3c2)c(OC)n1. The molecule has 0 unspecified atom stereocenters. The fourth-order valence-corrected chi connectivity index (χ4v) is 3.40. The van der Waals surface area contributed by atoms with Crippen LogP contribution in [0.1, 0.15) is 0 Å². The molecule has 2 N–H and O–H groups in total. The van der Waals surface area contributed by atoms with E-state index in [4.69, 9.17) is 26.2 Å². The lowest BCUT2D eigenvalue weighted by Gasteiger charge is -2.10. The van der Waals surface area contributed by atoms with E-state index in [0.717, 1.165) is 11.8 Å². The van der Waals surface area contributed by atoms with Crippen LogP contribution in [-0.4, -0.2) is 37.6 Å². The van der Waals surface area contributed by atoms with Gasteiger partial charge in [-0.25, -0.2) is 18.5 Å². The second-order valence-electron chi connectivity index (χ2n) is 4.99. The summed E-state index contributed by atoms with van der Waals surface area (Å²) in [6, 6.07) is 5.29. The lowest BCUT2D eigenvalue weighted by atomic mass is 10.1. The Labute approximate surface area is 148 Å². The summed E-state index contributed by atoms with van der Waals surface area (Å²) in [5, 5.41) is 5.63. The van der Waals surface area contributed by atoms with Crippen LogP contribution in [-0.2, 0) is 10.0 Å². The minimum atomic E-state index is -3.95. The molecule has 0 atom stereocenters. The van der Waals surface area contributed by atoms with Crippen molar-refractivity contribution in [2.75, 3.05) is 14.2 Å². The molecular formula is C15H13ClN4O4S. The molecule has 130 valence electrons. The van der Waals surface area contributed by atoms with E-state index in [1.807, 2.05) is 0 Å². The van der Waals surface area contributed by atoms with Crippen molar-refractivity contribution in [3.8, 4) is 23.0 Å². The van der Waals surface area contributed by atoms with Gasteiger partial charge in [0.25, 0.3) is 0 Å². The van der Waals surface area contributed by atoms with Crippen molar-refractivity contribution in [1.29, 1.82) is 0 Å². The maximum atomic E-state index is 11.5. The molecule has 3 aromatic rings. The average molecular weight is 381 g/mol. The number of hydrogen-bond donors (Lipinski definition) is 1. The van der Waals surface area contributed by atoms with Crippen LogP contribution in [0.4, 0.5) is 0 Å². The average Bonchev–Trinajstić information content (AvgIpc) is 2.60. The van der Waals surface area contributed by atoms with Crippen molar-refractivity contribution in [3.05, 3.63) is 35.6 Å². The number of ether oxygens (including phenoxy) is 2. The molecule has 2 heterocycles. The minimum absolute atomic E-state index is 0.0250. The monoisotopic (exact) mass is 380 g/mol. The molecule has 0 aliphatic carbocycles. The standard InChI is InChI=1S/C15H13ClN4O4S/c1-23-14-10(6-19-15(20-14)24-2)8-3-4-9-11(5-8)18-7-12(13(9)16)25(17,21)22/h3-7H,1-2H3,(H2,17,21,22). The van der Waals surface area contributed by atoms with Gasteiger partial charge in [-0.3, -0.25) is 4.98 Å². The van der Waals surface area contributed by atoms with E-state index in [9.17, 15) is 8.42 Å². The van der Waals surface area contributed by atoms with Crippen LogP contribution < -0.4 is 14.6 Å². The predicted molar refractivity (Wildman–Crippen MR) is 92.3 cm³/mol. The number of rotatable bonds is 4. The summed E-state index contributed by atoms with van der Waals surface area (Å²) in [4.78, 5) is 12.1. The Kier molecular flexibility index (Phi) is 4.46. The van der Waals surface area contributed by atoms with Crippen molar-refractivity contribution in [3.63, 3.8) is 0 Å². The Bertz CT molecular complexity index is 1070. The van der Waals surface area contributed by atoms with Crippen LogP contribution in [0.2, 0.25) is 5.02 Å². The molecule has 0 saturated carbocycles. The van der Waals surface area contributed by atoms with Crippen molar-refractivity contribution in [2.24, 2.45) is 5.14 Å². The molecule has 0 amide bonds. The van der Waals surface area contributed by atoms with Crippen LogP contribution in [0.3, 0.4) is 0 Å². The molecule has 25 heavy (non-hydrogen) atoms. The van der Waals surface area contributed by atoms with Crippen LogP contribution in [0.15, 0.2) is 35.5 Å². The molecule has 0 saturated heterocycles. The summed E-state index contributed by atoms with van der Waals surface area (Å²) in [6.45, 7) is 0. The first-order chi connectivity index (χ1) is 11.8. The van der Waals surface area contributed by atoms with Gasteiger partial charge in [0.1, 0.15) is 4.90 Å². The maximum Gasteiger partial charge on any atom is 0.319 e. The first-order valence-electron chi connectivity index (χ1n) is 6.91. The van der Waals surface area contributed by atoms with Crippen LogP contribution in [0.5, 0.6) is 11.9 Å². The summed E-state index contributed by atoms with van der Waals surface area (Å²) in [6.07, 6.45) is 2.69. The van der Waals surface area contributed by atoms with Crippen molar-refractivity contribution in [2.45, 2.75) is 4.90 Å². The Morgan fingerprint density at radius 3 is 2.52 bits per heavy atom. The Morgan fingerprint density at radius 1 is 1.12 bits per heavy atom. The topological polar surface area (TPSA) is 117 Å². The highest BCUT2D eigenvalue weighted by Crippen LogP contribution is 2.34. The number of fused-ring (bicyclic) bond motifs is 1. The second-order valence-corrected chi connectivity index (χ2v) is 6.90. The van der Waals surface area contributed by atoms with Crippen molar-refractivity contribution >= 4 is 32.5 Å². The molecule has 0 radical (unpaired) electrons. The number of hydrogen-bond acceptors (Lipinski definition) is 7. The highest BCUT2D eigenvalue weighted by Gasteiger charge is 2.17. The van der Waals surface area contributed by atoms with Gasteiger partial charge in [-0.05, 0) is 11.6 Å². The largest absolute Gasteiger partial charge is 0.480 e. The van der Waals surface area contributed by atoms with Gasteiger partial charge in [0.15, 0.2) is 0 Å². The second kappa shape index (κ2) is 6.43. The highest BCUT2D eigenvalue weighted by molar-refractivity contribution is 7.89. The lowest BCUT2D eigenvalue weighted by Crippen LogP contribution is -2.13. The zero-order valence-electron chi connectivity index (χ0n) is 13.2. The number of pyridine rings is 1. The van der Waals surface area contributed by atoms with Gasteiger partial charge in [0.05, 0.1) is 30.3 Å². The Morgan fingerprint density at radius 2 is 1.88 bits per heavy atom. The summed E-state index contributed by atoms with van der Waals surface area (Å²) in [7, 11) is -1.01. The number of aromatic nitrogens is 3. The first-order valence-corrected chi connectivity index (χ1v) is 8.84. The quantitative estimate of drug-likeness (QED) is 0.735. The van der Waals surface area contributed by atoms with Crippen LogP contribution in [0.25, 0.3) is 22.0 Å². The number of sulfonamides is 1. The first kappa shape index (κ1) is 17.3. The molecule has 2 aromatic heterocycles. The van der Waals surface area contributed by atoms with Crippen molar-refractivity contribution < 1.29 is 17.9 Å². The summed E-state index contributed by atoms with van der Waals surface area (Å²) in [5.41, 5.74) is 1.84. The number of nitrogens with zero attached hydrogens (tertiary/aromatic N) is 3. The van der Waals surface area contributed by atoms with Gasteiger partial charge in [-0.2, -0.15) is 4.98 Å². The van der Waals surface area contributed by atoms with Gasteiger partial charge >= 0.3 is 6.01 Å². The van der Waals surface area contributed by atoms with E-state index in [0.29, 0.717) is 22.3 Å². The summed E-state index contributed by atoms with van der Waals surface area (Å²) < 4.78 is 33.3. The van der Waals surface area contributed by atoms with E-state index < -0.39 is 10.0 Å². The Hall–Kier alpha value is -2.49. The smallest absolute Gasteiger partial charge is 0.319 e. The van der Waals surface area contributed by atoms with Gasteiger partial charge in [0.2, 0.25) is 15.9 Å². The molecule has 3 rings (SSSR count). The maximum absolute atomic E-state index is 11.5. The van der Waals surface area contributed by atoms with Crippen LogP contribution >= 0.6 is 11.6 Å². The zero-order chi connectivity index (χ0) is 18.2. The molecule has 10 heteroatoms. The van der Waals surface area contributed by atoms with Gasteiger partial charge in [-0.1, -0.05) is 23.7 Å². The number of primary sulfonamides is 1. The normalized spacial score (nSPS) is 11.5. The molecule has 0 aliphatic rings. The summed E-state index contributed by atoms with van der Waals surface area (Å²) in [5.74, 6) is 0.332. The molecule has 1 aromatic carbocycles. The fraction of sp³-hybridized carbons (Fsp3) is 0.133. The molecule has 8 nitrogen and oxygen atoms in total. The number of methoxy groups -OCH3 is 2. The van der Waals surface area contributed by atoms with Gasteiger partial charge in [-0.15, -0.1) is 0 Å². The number of benzene rings is 1. The van der Waals surface area contributed by atoms with Gasteiger partial charge < -0.3 is 9.47 Å². The fourth-order valence-electron chi connectivity index (χ4n) is 2.31. The van der Waals surface area contributed by atoms with Crippen molar-refractivity contribution in [1.82, 2.24) is 15.0 Å². The predicted octanol–water partition coefficient (Wildman–Crippen LogP) is 2.01. The van der Waals surface area contributed by atoms with Crippen LogP contribution in [0, 0.1) is 0 Å². The van der Waals surface area contributed by atoms with E-state index in [-0.39, 0.29) is 15.9 Å². The van der Waals surface area contributed by atoms with E-state index in [2.05, 4.69) is 15.0 Å². The molecule has 0 spiro atoms. The third-order valence-corrected chi connectivity index (χ3v) is 4.94. The van der Waals surface area contributed by atoms with E-state index >= 15 is 0 Å². The number of halogens is 1.